The van der Waals surface area contributed by atoms with Crippen LogP contribution in [0.1, 0.15) is 41.4 Å². The molecule has 3 aromatic carbocycles. The van der Waals surface area contributed by atoms with Gasteiger partial charge in [0, 0.05) is 11.3 Å². The SMILES string of the molecule is COc1cc(C(Nc2ccc(C(=N)N)cc2)C(=O)NNC(=O)c2ccccc2Cl)ccc1OC(C)C. The lowest BCUT2D eigenvalue weighted by atomic mass is 10.0. The predicted molar refractivity (Wildman–Crippen MR) is 140 cm³/mol. The maximum Gasteiger partial charge on any atom is 0.271 e. The topological polar surface area (TPSA) is 139 Å². The molecule has 0 aliphatic heterocycles. The molecule has 10 heteroatoms. The van der Waals surface area contributed by atoms with Crippen molar-refractivity contribution in [2.24, 2.45) is 5.73 Å². The summed E-state index contributed by atoms with van der Waals surface area (Å²) < 4.78 is 11.2. The van der Waals surface area contributed by atoms with Crippen LogP contribution in [0.25, 0.3) is 0 Å². The summed E-state index contributed by atoms with van der Waals surface area (Å²) in [6, 6.07) is 17.5. The number of hydrogen-bond donors (Lipinski definition) is 5. The molecule has 36 heavy (non-hydrogen) atoms. The number of hydrogen-bond acceptors (Lipinski definition) is 6. The molecule has 0 aromatic heterocycles. The van der Waals surface area contributed by atoms with Crippen LogP contribution in [0.5, 0.6) is 11.5 Å². The highest BCUT2D eigenvalue weighted by Gasteiger charge is 2.24. The number of carbonyl (C=O) groups excluding carboxylic acids is 2. The van der Waals surface area contributed by atoms with E-state index in [2.05, 4.69) is 16.2 Å². The number of nitrogens with two attached hydrogens (primary N) is 1. The fourth-order valence-corrected chi connectivity index (χ4v) is 3.55. The zero-order chi connectivity index (χ0) is 26.2. The van der Waals surface area contributed by atoms with Crippen LogP contribution in [0.2, 0.25) is 5.02 Å². The fourth-order valence-electron chi connectivity index (χ4n) is 3.33. The number of amidine groups is 1. The lowest BCUT2D eigenvalue weighted by Crippen LogP contribution is -2.45. The minimum absolute atomic E-state index is 0.0661. The molecule has 0 bridgehead atoms. The molecule has 9 nitrogen and oxygen atoms in total. The average molecular weight is 510 g/mol. The van der Waals surface area contributed by atoms with Crippen molar-refractivity contribution in [1.82, 2.24) is 10.9 Å². The van der Waals surface area contributed by atoms with E-state index in [1.54, 1.807) is 66.7 Å². The minimum atomic E-state index is -0.929. The molecule has 0 heterocycles. The zero-order valence-electron chi connectivity index (χ0n) is 20.1. The number of rotatable bonds is 9. The minimum Gasteiger partial charge on any atom is -0.493 e. The zero-order valence-corrected chi connectivity index (χ0v) is 20.8. The van der Waals surface area contributed by atoms with Crippen LogP contribution in [0, 0.1) is 5.41 Å². The van der Waals surface area contributed by atoms with Gasteiger partial charge in [0.25, 0.3) is 11.8 Å². The molecule has 6 N–H and O–H groups in total. The quantitative estimate of drug-likeness (QED) is 0.168. The number of ether oxygens (including phenoxy) is 2. The van der Waals surface area contributed by atoms with Gasteiger partial charge in [-0.1, -0.05) is 29.8 Å². The van der Waals surface area contributed by atoms with E-state index in [0.717, 1.165) is 0 Å². The normalized spacial score (nSPS) is 11.4. The molecule has 0 spiro atoms. The van der Waals surface area contributed by atoms with Crippen molar-refractivity contribution in [3.05, 3.63) is 88.4 Å². The van der Waals surface area contributed by atoms with Crippen molar-refractivity contribution in [2.45, 2.75) is 26.0 Å². The number of anilines is 1. The Morgan fingerprint density at radius 3 is 2.28 bits per heavy atom. The summed E-state index contributed by atoms with van der Waals surface area (Å²) in [4.78, 5) is 25.8. The largest absolute Gasteiger partial charge is 0.493 e. The van der Waals surface area contributed by atoms with Crippen molar-refractivity contribution in [3.8, 4) is 11.5 Å². The molecule has 0 aliphatic rings. The van der Waals surface area contributed by atoms with Crippen LogP contribution in [0.15, 0.2) is 66.7 Å². The molecule has 2 amide bonds. The number of hydrazine groups is 1. The summed E-state index contributed by atoms with van der Waals surface area (Å²) in [6.45, 7) is 3.80. The second-order valence-corrected chi connectivity index (χ2v) is 8.48. The monoisotopic (exact) mass is 509 g/mol. The molecule has 0 radical (unpaired) electrons. The molecule has 0 saturated heterocycles. The van der Waals surface area contributed by atoms with Crippen LogP contribution in [-0.4, -0.2) is 30.9 Å². The van der Waals surface area contributed by atoms with Crippen molar-refractivity contribution < 1.29 is 19.1 Å². The highest BCUT2D eigenvalue weighted by molar-refractivity contribution is 6.33. The number of nitrogens with one attached hydrogen (secondary N) is 4. The van der Waals surface area contributed by atoms with Crippen LogP contribution in [0.3, 0.4) is 0 Å². The first kappa shape index (κ1) is 26.4. The van der Waals surface area contributed by atoms with E-state index in [1.807, 2.05) is 13.8 Å². The molecular formula is C26H28ClN5O4. The molecular weight excluding hydrogens is 482 g/mol. The molecule has 1 unspecified atom stereocenters. The Balaban J connectivity index is 1.87. The van der Waals surface area contributed by atoms with E-state index in [0.29, 0.717) is 28.3 Å². The van der Waals surface area contributed by atoms with Gasteiger partial charge in [-0.3, -0.25) is 25.8 Å². The predicted octanol–water partition coefficient (Wildman–Crippen LogP) is 4.03. The lowest BCUT2D eigenvalue weighted by Gasteiger charge is -2.22. The summed E-state index contributed by atoms with van der Waals surface area (Å²) in [5.74, 6) is -0.174. The number of benzene rings is 3. The van der Waals surface area contributed by atoms with E-state index in [1.165, 1.54) is 7.11 Å². The molecule has 0 fully saturated rings. The van der Waals surface area contributed by atoms with Crippen LogP contribution >= 0.6 is 11.6 Å². The first-order valence-electron chi connectivity index (χ1n) is 11.1. The summed E-state index contributed by atoms with van der Waals surface area (Å²) in [6.07, 6.45) is -0.0678. The average Bonchev–Trinajstić information content (AvgIpc) is 2.86. The van der Waals surface area contributed by atoms with Crippen LogP contribution < -0.4 is 31.4 Å². The molecule has 188 valence electrons. The molecule has 3 aromatic rings. The molecule has 0 aliphatic carbocycles. The Bertz CT molecular complexity index is 1250. The van der Waals surface area contributed by atoms with E-state index in [4.69, 9.17) is 32.2 Å². The third-order valence-corrected chi connectivity index (χ3v) is 5.40. The molecule has 3 rings (SSSR count). The Hall–Kier alpha value is -4.24. The Morgan fingerprint density at radius 2 is 1.67 bits per heavy atom. The van der Waals surface area contributed by atoms with Gasteiger partial charge in [0.05, 0.1) is 23.8 Å². The maximum absolute atomic E-state index is 13.3. The van der Waals surface area contributed by atoms with Crippen molar-refractivity contribution in [2.75, 3.05) is 12.4 Å². The van der Waals surface area contributed by atoms with Gasteiger partial charge in [0.1, 0.15) is 11.9 Å². The molecule has 0 saturated carbocycles. The summed E-state index contributed by atoms with van der Waals surface area (Å²) in [5.41, 5.74) is 12.3. The maximum atomic E-state index is 13.3. The van der Waals surface area contributed by atoms with Gasteiger partial charge in [0.2, 0.25) is 0 Å². The van der Waals surface area contributed by atoms with Gasteiger partial charge in [0.15, 0.2) is 11.5 Å². The number of carbonyl (C=O) groups is 2. The Morgan fingerprint density at radius 1 is 0.972 bits per heavy atom. The second kappa shape index (κ2) is 11.9. The van der Waals surface area contributed by atoms with Crippen LogP contribution in [-0.2, 0) is 4.79 Å². The van der Waals surface area contributed by atoms with Gasteiger partial charge < -0.3 is 20.5 Å². The van der Waals surface area contributed by atoms with E-state index in [-0.39, 0.29) is 22.5 Å². The van der Waals surface area contributed by atoms with Gasteiger partial charge >= 0.3 is 0 Å². The van der Waals surface area contributed by atoms with Crippen molar-refractivity contribution in [1.29, 1.82) is 5.41 Å². The number of nitrogen functional groups attached to an aromatic ring is 1. The van der Waals surface area contributed by atoms with E-state index < -0.39 is 17.9 Å². The Kier molecular flexibility index (Phi) is 8.75. The van der Waals surface area contributed by atoms with Crippen LogP contribution in [0.4, 0.5) is 5.69 Å². The van der Waals surface area contributed by atoms with Gasteiger partial charge in [-0.2, -0.15) is 0 Å². The number of methoxy groups -OCH3 is 1. The lowest BCUT2D eigenvalue weighted by molar-refractivity contribution is -0.122. The van der Waals surface area contributed by atoms with Gasteiger partial charge in [-0.05, 0) is 67.9 Å². The van der Waals surface area contributed by atoms with E-state index in [9.17, 15) is 9.59 Å². The first-order valence-corrected chi connectivity index (χ1v) is 11.5. The Labute approximate surface area is 214 Å². The van der Waals surface area contributed by atoms with E-state index >= 15 is 0 Å². The van der Waals surface area contributed by atoms with Gasteiger partial charge in [-0.25, -0.2) is 0 Å². The summed E-state index contributed by atoms with van der Waals surface area (Å²) >= 11 is 6.08. The van der Waals surface area contributed by atoms with Gasteiger partial charge in [-0.15, -0.1) is 0 Å². The van der Waals surface area contributed by atoms with Crippen molar-refractivity contribution in [3.63, 3.8) is 0 Å². The fraction of sp³-hybridized carbons (Fsp3) is 0.192. The third kappa shape index (κ3) is 6.67. The smallest absolute Gasteiger partial charge is 0.271 e. The number of amides is 2. The molecule has 1 atom stereocenters. The summed E-state index contributed by atoms with van der Waals surface area (Å²) in [5, 5.41) is 11.0. The van der Waals surface area contributed by atoms with Crippen molar-refractivity contribution >= 4 is 34.9 Å². The second-order valence-electron chi connectivity index (χ2n) is 8.07. The summed E-state index contributed by atoms with van der Waals surface area (Å²) in [7, 11) is 1.51. The third-order valence-electron chi connectivity index (χ3n) is 5.07. The highest BCUT2D eigenvalue weighted by atomic mass is 35.5. The first-order chi connectivity index (χ1) is 17.2. The highest BCUT2D eigenvalue weighted by Crippen LogP contribution is 2.32. The standard InChI is InChI=1S/C26H28ClN5O4/c1-15(2)36-21-13-10-17(14-22(21)35-3)23(30-18-11-8-16(9-12-18)24(28)29)26(34)32-31-25(33)19-6-4-5-7-20(19)27/h4-15,23,30H,1-3H3,(H3,28,29)(H,31,33)(H,32,34). The number of halogens is 1.